The highest BCUT2D eigenvalue weighted by Crippen LogP contribution is 2.37. The molecule has 28 heavy (non-hydrogen) atoms. The highest BCUT2D eigenvalue weighted by atomic mass is 35.5. The number of Topliss-reactive ketones (excluding diaryl/α,β-unsaturated/α-hetero) is 1. The number of nitrogens with zero attached hydrogens (tertiary/aromatic N) is 3. The number of hydrogen-bond acceptors (Lipinski definition) is 5. The van der Waals surface area contributed by atoms with E-state index in [2.05, 4.69) is 21.6 Å². The van der Waals surface area contributed by atoms with Crippen molar-refractivity contribution < 1.29 is 13.9 Å². The van der Waals surface area contributed by atoms with Crippen LogP contribution in [0, 0.1) is 5.82 Å². The summed E-state index contributed by atoms with van der Waals surface area (Å²) < 4.78 is 18.6. The molecule has 1 atom stereocenters. The Hall–Kier alpha value is -1.89. The average molecular weight is 406 g/mol. The van der Waals surface area contributed by atoms with Crippen molar-refractivity contribution in [1.29, 1.82) is 0 Å². The highest BCUT2D eigenvalue weighted by Gasteiger charge is 2.40. The van der Waals surface area contributed by atoms with Gasteiger partial charge in [0.25, 0.3) is 0 Å². The molecule has 3 aliphatic rings. The lowest BCUT2D eigenvalue weighted by Crippen LogP contribution is -2.43. The zero-order chi connectivity index (χ0) is 19.8. The molecular weight excluding hydrogens is 381 g/mol. The number of carbonyl (C=O) groups is 1. The van der Waals surface area contributed by atoms with Gasteiger partial charge in [-0.05, 0) is 36.6 Å². The fourth-order valence-electron chi connectivity index (χ4n) is 4.30. The number of hydrogen-bond donors (Lipinski definition) is 0. The van der Waals surface area contributed by atoms with Crippen LogP contribution in [0.5, 0.6) is 0 Å². The van der Waals surface area contributed by atoms with Crippen LogP contribution >= 0.6 is 11.6 Å². The number of fused-ring (bicyclic) bond motifs is 2. The van der Waals surface area contributed by atoms with E-state index in [0.717, 1.165) is 37.2 Å². The second kappa shape index (κ2) is 7.85. The Morgan fingerprint density at radius 1 is 1.32 bits per heavy atom. The lowest BCUT2D eigenvalue weighted by Gasteiger charge is -2.36. The first kappa shape index (κ1) is 19.4. The molecule has 4 rings (SSSR count). The van der Waals surface area contributed by atoms with Crippen LogP contribution < -0.4 is 0 Å². The maximum Gasteiger partial charge on any atom is 0.183 e. The molecule has 0 saturated carbocycles. The minimum absolute atomic E-state index is 0.130. The fraction of sp³-hybridized carbons (Fsp3) is 0.476. The lowest BCUT2D eigenvalue weighted by atomic mass is 9.90. The minimum atomic E-state index is -0.412. The predicted octanol–water partition coefficient (Wildman–Crippen LogP) is 3.02. The summed E-state index contributed by atoms with van der Waals surface area (Å²) in [7, 11) is 1.71. The van der Waals surface area contributed by atoms with Crippen molar-refractivity contribution in [2.45, 2.75) is 26.1 Å². The Morgan fingerprint density at radius 2 is 2.14 bits per heavy atom. The smallest absolute Gasteiger partial charge is 0.183 e. The van der Waals surface area contributed by atoms with E-state index in [1.165, 1.54) is 17.3 Å². The van der Waals surface area contributed by atoms with Crippen LogP contribution in [0.4, 0.5) is 4.39 Å². The summed E-state index contributed by atoms with van der Waals surface area (Å²) in [5.41, 5.74) is 4.21. The zero-order valence-electron chi connectivity index (χ0n) is 16.3. The van der Waals surface area contributed by atoms with Gasteiger partial charge in [-0.15, -0.1) is 0 Å². The van der Waals surface area contributed by atoms with Crippen molar-refractivity contribution in [3.8, 4) is 0 Å². The molecule has 0 N–H and O–H groups in total. The van der Waals surface area contributed by atoms with Gasteiger partial charge in [-0.1, -0.05) is 17.7 Å². The summed E-state index contributed by atoms with van der Waals surface area (Å²) in [6.07, 6.45) is 3.02. The Morgan fingerprint density at radius 3 is 2.89 bits per heavy atom. The number of carbonyl (C=O) groups excluding carboxylic acids is 1. The lowest BCUT2D eigenvalue weighted by molar-refractivity contribution is -0.117. The van der Waals surface area contributed by atoms with E-state index < -0.39 is 5.82 Å². The Labute approximate surface area is 170 Å². The van der Waals surface area contributed by atoms with Gasteiger partial charge in [-0.2, -0.15) is 0 Å². The number of ketones is 1. The van der Waals surface area contributed by atoms with E-state index in [0.29, 0.717) is 19.7 Å². The first-order valence-corrected chi connectivity index (χ1v) is 10.0. The van der Waals surface area contributed by atoms with E-state index in [-0.39, 0.29) is 17.0 Å². The molecule has 0 radical (unpaired) electrons. The molecule has 1 fully saturated rings. The molecule has 1 unspecified atom stereocenters. The van der Waals surface area contributed by atoms with Crippen LogP contribution in [-0.2, 0) is 16.1 Å². The molecule has 0 aromatic heterocycles. The number of rotatable bonds is 5. The standard InChI is InChI=1S/C21H25ClFN3O2/c1-14-25(7-8-28-2)12-20-16-5-6-24(11-17(16)21(27)13-26(14)20)10-15-3-4-19(23)18(22)9-15/h3-4,9,11,14H,5-8,10,12-13H2,1-2H3. The maximum atomic E-state index is 13.4. The summed E-state index contributed by atoms with van der Waals surface area (Å²) in [6.45, 7) is 6.41. The summed E-state index contributed by atoms with van der Waals surface area (Å²) in [6, 6.07) is 4.78. The number of methoxy groups -OCH3 is 1. The average Bonchev–Trinajstić information content (AvgIpc) is 2.99. The Balaban J connectivity index is 1.56. The first-order chi connectivity index (χ1) is 13.5. The SMILES string of the molecule is COCCN1CC2=C3CCN(Cc4ccc(F)c(Cl)c4)C=C3C(=O)CN2C1C. The van der Waals surface area contributed by atoms with Gasteiger partial charge < -0.3 is 14.5 Å². The van der Waals surface area contributed by atoms with Gasteiger partial charge in [0.05, 0.1) is 24.3 Å². The summed E-state index contributed by atoms with van der Waals surface area (Å²) in [5.74, 6) is -0.244. The van der Waals surface area contributed by atoms with Crippen LogP contribution in [-0.4, -0.2) is 66.5 Å². The van der Waals surface area contributed by atoms with Gasteiger partial charge in [0.1, 0.15) is 5.82 Å². The van der Waals surface area contributed by atoms with Crippen molar-refractivity contribution in [2.24, 2.45) is 0 Å². The molecule has 1 saturated heterocycles. The molecular formula is C21H25ClFN3O2. The second-order valence-corrected chi connectivity index (χ2v) is 7.99. The van der Waals surface area contributed by atoms with Crippen LogP contribution in [0.1, 0.15) is 18.9 Å². The van der Waals surface area contributed by atoms with Crippen LogP contribution in [0.25, 0.3) is 0 Å². The molecule has 0 amide bonds. The third-order valence-corrected chi connectivity index (χ3v) is 6.17. The Kier molecular flexibility index (Phi) is 5.45. The number of benzene rings is 1. The monoisotopic (exact) mass is 405 g/mol. The molecule has 1 aromatic carbocycles. The van der Waals surface area contributed by atoms with Gasteiger partial charge in [-0.25, -0.2) is 4.39 Å². The normalized spacial score (nSPS) is 22.5. The summed E-state index contributed by atoms with van der Waals surface area (Å²) >= 11 is 5.90. The van der Waals surface area contributed by atoms with Crippen molar-refractivity contribution >= 4 is 17.4 Å². The quantitative estimate of drug-likeness (QED) is 0.752. The molecule has 0 aliphatic carbocycles. The van der Waals surface area contributed by atoms with E-state index in [1.807, 2.05) is 6.20 Å². The maximum absolute atomic E-state index is 13.4. The van der Waals surface area contributed by atoms with Crippen molar-refractivity contribution in [2.75, 3.05) is 39.9 Å². The predicted molar refractivity (Wildman–Crippen MR) is 106 cm³/mol. The van der Waals surface area contributed by atoms with Gasteiger partial charge in [-0.3, -0.25) is 9.69 Å². The zero-order valence-corrected chi connectivity index (χ0v) is 17.0. The third kappa shape index (κ3) is 3.56. The van der Waals surface area contributed by atoms with Crippen LogP contribution in [0.15, 0.2) is 41.2 Å². The summed E-state index contributed by atoms with van der Waals surface area (Å²) in [4.78, 5) is 19.6. The minimum Gasteiger partial charge on any atom is -0.383 e. The molecule has 1 aromatic rings. The molecule has 5 nitrogen and oxygen atoms in total. The van der Waals surface area contributed by atoms with E-state index in [4.69, 9.17) is 16.3 Å². The number of ether oxygens (including phenoxy) is 1. The molecule has 3 heterocycles. The topological polar surface area (TPSA) is 36.0 Å². The van der Waals surface area contributed by atoms with E-state index in [9.17, 15) is 9.18 Å². The highest BCUT2D eigenvalue weighted by molar-refractivity contribution is 6.30. The molecule has 3 aliphatic heterocycles. The van der Waals surface area contributed by atoms with Gasteiger partial charge in [0.15, 0.2) is 5.78 Å². The molecule has 7 heteroatoms. The Bertz CT molecular complexity index is 854. The van der Waals surface area contributed by atoms with Crippen LogP contribution in [0.2, 0.25) is 5.02 Å². The van der Waals surface area contributed by atoms with Crippen molar-refractivity contribution in [1.82, 2.24) is 14.7 Å². The van der Waals surface area contributed by atoms with Gasteiger partial charge >= 0.3 is 0 Å². The fourth-order valence-corrected chi connectivity index (χ4v) is 4.50. The van der Waals surface area contributed by atoms with E-state index >= 15 is 0 Å². The molecule has 0 spiro atoms. The van der Waals surface area contributed by atoms with Crippen molar-refractivity contribution in [3.63, 3.8) is 0 Å². The molecule has 0 bridgehead atoms. The van der Waals surface area contributed by atoms with Gasteiger partial charge in [0.2, 0.25) is 0 Å². The largest absolute Gasteiger partial charge is 0.383 e. The second-order valence-electron chi connectivity index (χ2n) is 7.58. The van der Waals surface area contributed by atoms with Crippen molar-refractivity contribution in [3.05, 3.63) is 57.6 Å². The van der Waals surface area contributed by atoms with E-state index in [1.54, 1.807) is 19.2 Å². The third-order valence-electron chi connectivity index (χ3n) is 5.88. The summed E-state index contributed by atoms with van der Waals surface area (Å²) in [5, 5.41) is 0.130. The molecule has 150 valence electrons. The van der Waals surface area contributed by atoms with Crippen LogP contribution in [0.3, 0.4) is 0 Å². The van der Waals surface area contributed by atoms with Gasteiger partial charge in [0, 0.05) is 50.8 Å². The first-order valence-electron chi connectivity index (χ1n) is 9.63. The number of halogens is 2.